The van der Waals surface area contributed by atoms with Crippen molar-refractivity contribution in [2.24, 2.45) is 11.8 Å². The number of methoxy groups -OCH3 is 1. The SMILES string of the molecule is COCc1ccc(C(=O)Nc2cccnc2C(=O)NCC2CCOCC2)c2ccccc12.O=C(NCC1CCOCC1)c1ncccc1NC(=O)c1ccc(CBr)c2ccccc12. The molecule has 2 aromatic heterocycles. The van der Waals surface area contributed by atoms with Crippen LogP contribution in [0.3, 0.4) is 0 Å². The van der Waals surface area contributed by atoms with Crippen LogP contribution in [0.5, 0.6) is 0 Å². The summed E-state index contributed by atoms with van der Waals surface area (Å²) < 4.78 is 16.0. The summed E-state index contributed by atoms with van der Waals surface area (Å²) in [6.07, 6.45) is 6.83. The number of carbonyl (C=O) groups is 4. The number of carbonyl (C=O) groups excluding carboxylic acids is 4. The van der Waals surface area contributed by atoms with Crippen LogP contribution in [0, 0.1) is 11.8 Å². The number of rotatable bonds is 13. The van der Waals surface area contributed by atoms with E-state index in [0.717, 1.165) is 84.8 Å². The number of benzene rings is 4. The quantitative estimate of drug-likeness (QED) is 0.0833. The lowest BCUT2D eigenvalue weighted by Gasteiger charge is -2.22. The summed E-state index contributed by atoms with van der Waals surface area (Å²) in [4.78, 5) is 60.3. The van der Waals surface area contributed by atoms with Gasteiger partial charge in [0.1, 0.15) is 0 Å². The van der Waals surface area contributed by atoms with Gasteiger partial charge in [0, 0.05) is 75.5 Å². The van der Waals surface area contributed by atoms with E-state index in [1.807, 2.05) is 66.7 Å². The van der Waals surface area contributed by atoms with E-state index in [-0.39, 0.29) is 35.0 Å². The second-order valence-electron chi connectivity index (χ2n) is 15.4. The minimum Gasteiger partial charge on any atom is -0.381 e. The van der Waals surface area contributed by atoms with Gasteiger partial charge in [-0.05, 0) is 107 Å². The fourth-order valence-corrected chi connectivity index (χ4v) is 8.30. The Kier molecular flexibility index (Phi) is 15.9. The molecule has 2 saturated heterocycles. The summed E-state index contributed by atoms with van der Waals surface area (Å²) >= 11 is 3.50. The van der Waals surface area contributed by atoms with Crippen molar-refractivity contribution in [1.82, 2.24) is 20.6 Å². The van der Waals surface area contributed by atoms with Gasteiger partial charge in [-0.15, -0.1) is 0 Å². The van der Waals surface area contributed by atoms with E-state index in [1.54, 1.807) is 49.8 Å². The number of alkyl halides is 1. The molecule has 0 saturated carbocycles. The average Bonchev–Trinajstić information content (AvgIpc) is 3.33. The van der Waals surface area contributed by atoms with E-state index in [0.29, 0.717) is 59.4 Å². The Morgan fingerprint density at radius 3 is 1.44 bits per heavy atom. The predicted molar refractivity (Wildman–Crippen MR) is 247 cm³/mol. The van der Waals surface area contributed by atoms with Crippen molar-refractivity contribution in [3.63, 3.8) is 0 Å². The van der Waals surface area contributed by atoms with Crippen molar-refractivity contribution < 1.29 is 33.4 Å². The van der Waals surface area contributed by atoms with E-state index in [1.165, 1.54) is 0 Å². The molecule has 2 fully saturated rings. The van der Waals surface area contributed by atoms with Gasteiger partial charge in [0.15, 0.2) is 11.4 Å². The van der Waals surface area contributed by atoms with Crippen LogP contribution in [0.15, 0.2) is 109 Å². The van der Waals surface area contributed by atoms with Crippen LogP contribution in [0.2, 0.25) is 0 Å². The molecule has 4 aromatic carbocycles. The summed E-state index contributed by atoms with van der Waals surface area (Å²) in [6.45, 7) is 4.51. The second kappa shape index (κ2) is 22.3. The number of hydrogen-bond donors (Lipinski definition) is 4. The van der Waals surface area contributed by atoms with Gasteiger partial charge in [0.25, 0.3) is 23.6 Å². The van der Waals surface area contributed by atoms with Gasteiger partial charge in [-0.25, -0.2) is 9.97 Å². The molecule has 0 radical (unpaired) electrons. The number of pyridine rings is 2. The summed E-state index contributed by atoms with van der Waals surface area (Å²) in [5.41, 5.74) is 4.39. The minimum absolute atomic E-state index is 0.202. The highest BCUT2D eigenvalue weighted by molar-refractivity contribution is 9.08. The van der Waals surface area contributed by atoms with Crippen LogP contribution in [0.25, 0.3) is 21.5 Å². The number of nitrogens with one attached hydrogen (secondary N) is 4. The molecule has 0 bridgehead atoms. The topological polar surface area (TPSA) is 170 Å². The van der Waals surface area contributed by atoms with Gasteiger partial charge >= 0.3 is 0 Å². The Morgan fingerprint density at radius 2 is 1.00 bits per heavy atom. The fraction of sp³-hybridized carbons (Fsp3) is 0.306. The number of halogens is 1. The molecular formula is C49H51BrN6O7. The Bertz CT molecular complexity index is 2560. The van der Waals surface area contributed by atoms with Crippen molar-refractivity contribution in [3.8, 4) is 0 Å². The standard InChI is InChI=1S/C25H27N3O4.C24H24BrN3O3/c1-31-16-18-8-9-21(20-6-3-2-5-19(18)20)24(29)28-22-7-4-12-26-23(22)25(30)27-15-17-10-13-32-14-11-17;25-14-17-7-8-20(19-5-2-1-4-18(17)19)23(29)28-21-6-3-11-26-22(21)24(30)27-15-16-9-12-31-13-10-16/h2-9,12,17H,10-11,13-16H2,1H3,(H,27,30)(H,28,29);1-8,11,16H,9-10,12-15H2,(H,27,30)(H,28,29). The molecule has 326 valence electrons. The van der Waals surface area contributed by atoms with Crippen molar-refractivity contribution in [2.45, 2.75) is 37.6 Å². The monoisotopic (exact) mass is 914 g/mol. The van der Waals surface area contributed by atoms with Gasteiger partial charge in [0.2, 0.25) is 0 Å². The Labute approximate surface area is 374 Å². The number of aromatic nitrogens is 2. The predicted octanol–water partition coefficient (Wildman–Crippen LogP) is 8.33. The average molecular weight is 916 g/mol. The highest BCUT2D eigenvalue weighted by atomic mass is 79.9. The van der Waals surface area contributed by atoms with Crippen molar-refractivity contribution in [1.29, 1.82) is 0 Å². The van der Waals surface area contributed by atoms with Gasteiger partial charge in [-0.3, -0.25) is 19.2 Å². The molecular weight excluding hydrogens is 864 g/mol. The summed E-state index contributed by atoms with van der Waals surface area (Å²) in [5.74, 6) is -0.361. The van der Waals surface area contributed by atoms with E-state index < -0.39 is 0 Å². The molecule has 0 aliphatic carbocycles. The molecule has 2 aliphatic rings. The number of amides is 4. The molecule has 0 atom stereocenters. The first-order valence-electron chi connectivity index (χ1n) is 21.1. The zero-order valence-corrected chi connectivity index (χ0v) is 36.7. The van der Waals surface area contributed by atoms with Crippen molar-refractivity contribution >= 4 is 72.5 Å². The molecule has 0 spiro atoms. The smallest absolute Gasteiger partial charge is 0.272 e. The van der Waals surface area contributed by atoms with Gasteiger partial charge in [-0.1, -0.05) is 76.6 Å². The molecule has 13 nitrogen and oxygen atoms in total. The van der Waals surface area contributed by atoms with Crippen LogP contribution < -0.4 is 21.3 Å². The third-order valence-corrected chi connectivity index (χ3v) is 11.9. The molecule has 8 rings (SSSR count). The van der Waals surface area contributed by atoms with E-state index in [9.17, 15) is 19.2 Å². The lowest BCUT2D eigenvalue weighted by molar-refractivity contribution is 0.0642. The number of hydrogen-bond acceptors (Lipinski definition) is 9. The third-order valence-electron chi connectivity index (χ3n) is 11.3. The lowest BCUT2D eigenvalue weighted by Crippen LogP contribution is -2.33. The van der Waals surface area contributed by atoms with Gasteiger partial charge in [-0.2, -0.15) is 0 Å². The Morgan fingerprint density at radius 1 is 0.571 bits per heavy atom. The first kappa shape index (κ1) is 45.0. The molecule has 14 heteroatoms. The minimum atomic E-state index is -0.298. The Balaban J connectivity index is 0.000000189. The highest BCUT2D eigenvalue weighted by Crippen LogP contribution is 2.27. The Hall–Kier alpha value is -6.06. The van der Waals surface area contributed by atoms with Gasteiger partial charge < -0.3 is 35.5 Å². The maximum atomic E-state index is 13.2. The maximum Gasteiger partial charge on any atom is 0.272 e. The number of fused-ring (bicyclic) bond motifs is 2. The number of anilines is 2. The summed E-state index contributed by atoms with van der Waals surface area (Å²) in [6, 6.07) is 29.7. The molecule has 6 aromatic rings. The summed E-state index contributed by atoms with van der Waals surface area (Å²) in [5, 5.41) is 16.0. The molecule has 63 heavy (non-hydrogen) atoms. The van der Waals surface area contributed by atoms with Crippen LogP contribution in [0.4, 0.5) is 11.4 Å². The van der Waals surface area contributed by atoms with Crippen molar-refractivity contribution in [3.05, 3.63) is 143 Å². The normalized spacial score (nSPS) is 14.3. The van der Waals surface area contributed by atoms with Crippen molar-refractivity contribution in [2.75, 3.05) is 57.3 Å². The second-order valence-corrected chi connectivity index (χ2v) is 16.0. The lowest BCUT2D eigenvalue weighted by atomic mass is 9.99. The van der Waals surface area contributed by atoms with Crippen LogP contribution in [-0.4, -0.2) is 80.2 Å². The molecule has 4 N–H and O–H groups in total. The summed E-state index contributed by atoms with van der Waals surface area (Å²) in [7, 11) is 1.65. The number of nitrogens with zero attached hydrogens (tertiary/aromatic N) is 2. The molecule has 2 aliphatic heterocycles. The third kappa shape index (κ3) is 11.5. The zero-order valence-electron chi connectivity index (χ0n) is 35.2. The van der Waals surface area contributed by atoms with Gasteiger partial charge in [0.05, 0.1) is 18.0 Å². The number of ether oxygens (including phenoxy) is 3. The molecule has 0 unspecified atom stereocenters. The first-order chi connectivity index (χ1) is 30.8. The van der Waals surface area contributed by atoms with E-state index in [2.05, 4.69) is 47.2 Å². The largest absolute Gasteiger partial charge is 0.381 e. The highest BCUT2D eigenvalue weighted by Gasteiger charge is 2.22. The first-order valence-corrected chi connectivity index (χ1v) is 22.3. The molecule has 4 amide bonds. The fourth-order valence-electron chi connectivity index (χ4n) is 7.81. The van der Waals surface area contributed by atoms with Crippen LogP contribution in [-0.2, 0) is 26.1 Å². The van der Waals surface area contributed by atoms with Crippen LogP contribution >= 0.6 is 15.9 Å². The van der Waals surface area contributed by atoms with Crippen LogP contribution in [0.1, 0.15) is 78.5 Å². The zero-order chi connectivity index (χ0) is 44.0. The van der Waals surface area contributed by atoms with E-state index >= 15 is 0 Å². The molecule has 4 heterocycles. The maximum absolute atomic E-state index is 13.2. The van der Waals surface area contributed by atoms with E-state index in [4.69, 9.17) is 14.2 Å².